The molecule has 1 aromatic rings. The van der Waals surface area contributed by atoms with Crippen molar-refractivity contribution in [2.45, 2.75) is 0 Å². The number of anilines is 1. The summed E-state index contributed by atoms with van der Waals surface area (Å²) in [5.41, 5.74) is 1.03. The lowest BCUT2D eigenvalue weighted by Crippen LogP contribution is -2.13. The van der Waals surface area contributed by atoms with Crippen molar-refractivity contribution in [1.82, 2.24) is 0 Å². The Bertz CT molecular complexity index is 325. The molecule has 0 aromatic heterocycles. The van der Waals surface area contributed by atoms with E-state index in [2.05, 4.69) is 21.2 Å². The van der Waals surface area contributed by atoms with Crippen molar-refractivity contribution in [2.75, 3.05) is 10.6 Å². The van der Waals surface area contributed by atoms with Gasteiger partial charge in [0.05, 0.1) is 11.0 Å². The van der Waals surface area contributed by atoms with Crippen molar-refractivity contribution in [1.29, 1.82) is 0 Å². The number of carbonyl (C=O) groups excluding carboxylic acids is 2. The highest BCUT2D eigenvalue weighted by Gasteiger charge is 2.03. The number of aldehydes is 1. The molecule has 0 unspecified atom stereocenters. The van der Waals surface area contributed by atoms with Crippen LogP contribution in [0.4, 0.5) is 5.69 Å². The maximum atomic E-state index is 11.0. The molecule has 1 amide bonds. The molecule has 1 N–H and O–H groups in total. The average Bonchev–Trinajstić information content (AvgIpc) is 2.18. The largest absolute Gasteiger partial charge is 0.325 e. The fourth-order valence-corrected chi connectivity index (χ4v) is 1.04. The van der Waals surface area contributed by atoms with Crippen LogP contribution in [-0.4, -0.2) is 17.5 Å². The van der Waals surface area contributed by atoms with Gasteiger partial charge < -0.3 is 5.32 Å². The van der Waals surface area contributed by atoms with E-state index >= 15 is 0 Å². The van der Waals surface area contributed by atoms with Gasteiger partial charge in [-0.15, -0.1) is 0 Å². The van der Waals surface area contributed by atoms with Crippen LogP contribution in [0.2, 0.25) is 0 Å². The van der Waals surface area contributed by atoms with Crippen molar-refractivity contribution in [3.63, 3.8) is 0 Å². The van der Waals surface area contributed by atoms with Crippen LogP contribution in [0.15, 0.2) is 24.3 Å². The molecule has 0 atom stereocenters. The molecule has 0 radical (unpaired) electrons. The summed E-state index contributed by atoms with van der Waals surface area (Å²) in [5, 5.41) is 2.82. The molecule has 0 bridgehead atoms. The van der Waals surface area contributed by atoms with Gasteiger partial charge in [-0.2, -0.15) is 0 Å². The van der Waals surface area contributed by atoms with Crippen molar-refractivity contribution < 1.29 is 9.59 Å². The second kappa shape index (κ2) is 4.77. The average molecular weight is 242 g/mol. The summed E-state index contributed by atoms with van der Waals surface area (Å²) < 4.78 is 0. The first-order valence-electron chi connectivity index (χ1n) is 3.68. The van der Waals surface area contributed by atoms with Crippen LogP contribution in [0.5, 0.6) is 0 Å². The maximum absolute atomic E-state index is 11.0. The van der Waals surface area contributed by atoms with E-state index in [1.54, 1.807) is 24.3 Å². The fourth-order valence-electron chi connectivity index (χ4n) is 0.897. The second-order valence-electron chi connectivity index (χ2n) is 2.39. The summed E-state index contributed by atoms with van der Waals surface area (Å²) in [7, 11) is 0. The van der Waals surface area contributed by atoms with E-state index < -0.39 is 0 Å². The van der Waals surface area contributed by atoms with Gasteiger partial charge in [-0.3, -0.25) is 9.59 Å². The van der Waals surface area contributed by atoms with Crippen LogP contribution in [0, 0.1) is 0 Å². The van der Waals surface area contributed by atoms with Gasteiger partial charge >= 0.3 is 0 Å². The smallest absolute Gasteiger partial charge is 0.235 e. The summed E-state index contributed by atoms with van der Waals surface area (Å²) in [6.45, 7) is 0. The number of hydrogen-bond donors (Lipinski definition) is 1. The van der Waals surface area contributed by atoms with E-state index in [9.17, 15) is 9.59 Å². The Morgan fingerprint density at radius 3 is 2.77 bits per heavy atom. The first kappa shape index (κ1) is 9.92. The molecule has 68 valence electrons. The number of rotatable bonds is 3. The minimum Gasteiger partial charge on any atom is -0.325 e. The number of alkyl halides is 1. The predicted molar refractivity (Wildman–Crippen MR) is 54.3 cm³/mol. The number of nitrogens with one attached hydrogen (secondary N) is 1. The maximum Gasteiger partial charge on any atom is 0.235 e. The highest BCUT2D eigenvalue weighted by Crippen LogP contribution is 2.12. The molecule has 13 heavy (non-hydrogen) atoms. The molecular formula is C9H8BrNO2. The number of para-hydroxylation sites is 1. The normalized spacial score (nSPS) is 9.31. The highest BCUT2D eigenvalue weighted by atomic mass is 79.9. The van der Waals surface area contributed by atoms with Crippen molar-refractivity contribution in [2.24, 2.45) is 0 Å². The minimum atomic E-state index is -0.172. The van der Waals surface area contributed by atoms with Gasteiger partial charge in [0.25, 0.3) is 0 Å². The Morgan fingerprint density at radius 2 is 2.15 bits per heavy atom. The predicted octanol–water partition coefficient (Wildman–Crippen LogP) is 1.83. The van der Waals surface area contributed by atoms with E-state index in [1.165, 1.54) is 0 Å². The lowest BCUT2D eigenvalue weighted by atomic mass is 10.2. The lowest BCUT2D eigenvalue weighted by Gasteiger charge is -2.04. The zero-order chi connectivity index (χ0) is 9.68. The number of amides is 1. The Balaban J connectivity index is 2.87. The number of hydrogen-bond acceptors (Lipinski definition) is 2. The summed E-state index contributed by atoms with van der Waals surface area (Å²) in [5.74, 6) is -0.172. The summed E-state index contributed by atoms with van der Waals surface area (Å²) in [4.78, 5) is 21.5. The van der Waals surface area contributed by atoms with Crippen LogP contribution in [-0.2, 0) is 4.79 Å². The fraction of sp³-hybridized carbons (Fsp3) is 0.111. The Morgan fingerprint density at radius 1 is 1.46 bits per heavy atom. The quantitative estimate of drug-likeness (QED) is 0.649. The monoisotopic (exact) mass is 241 g/mol. The van der Waals surface area contributed by atoms with E-state index in [0.717, 1.165) is 0 Å². The van der Waals surface area contributed by atoms with Crippen LogP contribution < -0.4 is 5.32 Å². The standard InChI is InChI=1S/C9H8BrNO2/c10-5-9(13)11-8-4-2-1-3-7(8)6-12/h1-4,6H,5H2,(H,11,13). The van der Waals surface area contributed by atoms with Gasteiger partial charge in [0.2, 0.25) is 5.91 Å². The first-order chi connectivity index (χ1) is 6.27. The molecular weight excluding hydrogens is 234 g/mol. The number of benzene rings is 1. The van der Waals surface area contributed by atoms with Gasteiger partial charge in [0.1, 0.15) is 0 Å². The van der Waals surface area contributed by atoms with Gasteiger partial charge in [-0.25, -0.2) is 0 Å². The van der Waals surface area contributed by atoms with Crippen molar-refractivity contribution in [3.05, 3.63) is 29.8 Å². The molecule has 0 saturated heterocycles. The molecule has 0 aliphatic carbocycles. The Hall–Kier alpha value is -1.16. The van der Waals surface area contributed by atoms with Crippen LogP contribution in [0.3, 0.4) is 0 Å². The zero-order valence-corrected chi connectivity index (χ0v) is 8.37. The zero-order valence-electron chi connectivity index (χ0n) is 6.79. The van der Waals surface area contributed by atoms with Crippen LogP contribution in [0.1, 0.15) is 10.4 Å². The number of carbonyl (C=O) groups is 2. The molecule has 3 nitrogen and oxygen atoms in total. The second-order valence-corrected chi connectivity index (χ2v) is 2.95. The molecule has 0 aliphatic rings. The third-order valence-corrected chi connectivity index (χ3v) is 1.99. The van der Waals surface area contributed by atoms with E-state index in [1.807, 2.05) is 0 Å². The van der Waals surface area contributed by atoms with Crippen molar-refractivity contribution >= 4 is 33.8 Å². The molecule has 0 spiro atoms. The van der Waals surface area contributed by atoms with E-state index in [-0.39, 0.29) is 11.2 Å². The SMILES string of the molecule is O=Cc1ccccc1NC(=O)CBr. The molecule has 0 fully saturated rings. The summed E-state index contributed by atoms with van der Waals surface area (Å²) in [6.07, 6.45) is 0.712. The lowest BCUT2D eigenvalue weighted by molar-refractivity contribution is -0.113. The number of halogens is 1. The molecule has 4 heteroatoms. The van der Waals surface area contributed by atoms with Gasteiger partial charge in [0, 0.05) is 5.56 Å². The molecule has 0 heterocycles. The molecule has 1 aromatic carbocycles. The summed E-state index contributed by atoms with van der Waals surface area (Å²) >= 11 is 3.02. The minimum absolute atomic E-state index is 0.172. The Labute approximate surface area is 84.3 Å². The van der Waals surface area contributed by atoms with Crippen LogP contribution >= 0.6 is 15.9 Å². The van der Waals surface area contributed by atoms with E-state index in [0.29, 0.717) is 17.5 Å². The molecule has 0 saturated carbocycles. The topological polar surface area (TPSA) is 46.2 Å². The van der Waals surface area contributed by atoms with Crippen molar-refractivity contribution in [3.8, 4) is 0 Å². The first-order valence-corrected chi connectivity index (χ1v) is 4.80. The van der Waals surface area contributed by atoms with Gasteiger partial charge in [-0.05, 0) is 12.1 Å². The highest BCUT2D eigenvalue weighted by molar-refractivity contribution is 9.09. The van der Waals surface area contributed by atoms with Crippen LogP contribution in [0.25, 0.3) is 0 Å². The van der Waals surface area contributed by atoms with Gasteiger partial charge in [-0.1, -0.05) is 28.1 Å². The third kappa shape index (κ3) is 2.66. The third-order valence-electron chi connectivity index (χ3n) is 1.48. The van der Waals surface area contributed by atoms with E-state index in [4.69, 9.17) is 0 Å². The van der Waals surface area contributed by atoms with Gasteiger partial charge in [0.15, 0.2) is 6.29 Å². The molecule has 0 aliphatic heterocycles. The Kier molecular flexibility index (Phi) is 3.64. The molecule has 1 rings (SSSR count). The summed E-state index contributed by atoms with van der Waals surface area (Å²) in [6, 6.07) is 6.84.